The zero-order chi connectivity index (χ0) is 39.2. The van der Waals surface area contributed by atoms with Gasteiger partial charge in [0.25, 0.3) is 28.4 Å². The van der Waals surface area contributed by atoms with Crippen molar-refractivity contribution in [2.24, 2.45) is 0 Å². The first kappa shape index (κ1) is 45.0. The monoisotopic (exact) mass is 780 g/mol. The lowest BCUT2D eigenvalue weighted by atomic mass is 10.2. The van der Waals surface area contributed by atoms with Crippen LogP contribution < -0.4 is 10.5 Å². The van der Waals surface area contributed by atoms with Crippen LogP contribution in [0, 0.1) is 20.2 Å². The van der Waals surface area contributed by atoms with Gasteiger partial charge in [-0.3, -0.25) is 34.6 Å². The Hall–Kier alpha value is -5.03. The molecular formula is C27H33ClN6O13S3. The number of hydrogen-bond donors (Lipinski definition) is 2. The van der Waals surface area contributed by atoms with Crippen LogP contribution in [-0.2, 0) is 30.1 Å². The number of nitrogens with zero attached hydrogens (tertiary/aromatic N) is 4. The molecule has 0 saturated carbocycles. The molecule has 2 amide bonds. The average Bonchev–Trinajstić information content (AvgIpc) is 3.03. The first-order valence-electron chi connectivity index (χ1n) is 13.1. The molecule has 0 aliphatic heterocycles. The number of nitrogens with one attached hydrogen (secondary N) is 1. The third-order valence-corrected chi connectivity index (χ3v) is 9.01. The smallest absolute Gasteiger partial charge is 0.269 e. The van der Waals surface area contributed by atoms with E-state index in [0.717, 1.165) is 37.9 Å². The summed E-state index contributed by atoms with van der Waals surface area (Å²) < 4.78 is 67.5. The highest BCUT2D eigenvalue weighted by Gasteiger charge is 2.21. The number of non-ortho nitro benzene ring substituents is 2. The van der Waals surface area contributed by atoms with Crippen molar-refractivity contribution < 1.29 is 49.5 Å². The molecule has 0 saturated heterocycles. The molecule has 0 aliphatic rings. The number of carbonyl (C=O) groups excluding carboxylic acids is 3. The van der Waals surface area contributed by atoms with Gasteiger partial charge in [0, 0.05) is 60.7 Å². The SMILES string of the molecule is CN(C(=O)c1ccc(N)cc1)S(C)(=O)=O.CN(C(=O)c1ccc([N+](=O)[O-])cc1)S(C)(=O)=O.CNS(C)(=O)=O.O=C(Cl)c1ccc([N+](=O)[O-])cc1. The van der Waals surface area contributed by atoms with Gasteiger partial charge in [-0.15, -0.1) is 0 Å². The van der Waals surface area contributed by atoms with Crippen LogP contribution in [0.25, 0.3) is 0 Å². The predicted octanol–water partition coefficient (Wildman–Crippen LogP) is 2.07. The van der Waals surface area contributed by atoms with Crippen LogP contribution >= 0.6 is 11.6 Å². The quantitative estimate of drug-likeness (QED) is 0.143. The van der Waals surface area contributed by atoms with Crippen molar-refractivity contribution in [1.29, 1.82) is 0 Å². The van der Waals surface area contributed by atoms with E-state index in [1.807, 2.05) is 0 Å². The second kappa shape index (κ2) is 19.2. The van der Waals surface area contributed by atoms with Gasteiger partial charge < -0.3 is 5.73 Å². The molecule has 0 spiro atoms. The van der Waals surface area contributed by atoms with E-state index in [1.54, 1.807) is 12.1 Å². The van der Waals surface area contributed by atoms with Crippen LogP contribution in [0.1, 0.15) is 31.1 Å². The molecule has 3 N–H and O–H groups in total. The molecule has 0 aliphatic carbocycles. The number of nitrogen functional groups attached to an aromatic ring is 1. The zero-order valence-corrected chi connectivity index (χ0v) is 30.4. The highest BCUT2D eigenvalue weighted by molar-refractivity contribution is 7.89. The first-order chi connectivity index (χ1) is 22.7. The molecule has 0 aromatic heterocycles. The van der Waals surface area contributed by atoms with Crippen LogP contribution in [0.4, 0.5) is 17.1 Å². The van der Waals surface area contributed by atoms with Crippen molar-refractivity contribution in [3.8, 4) is 0 Å². The van der Waals surface area contributed by atoms with Crippen molar-refractivity contribution in [2.75, 3.05) is 45.6 Å². The maximum absolute atomic E-state index is 11.6. The maximum Gasteiger partial charge on any atom is 0.269 e. The van der Waals surface area contributed by atoms with Gasteiger partial charge in [-0.1, -0.05) is 0 Å². The summed E-state index contributed by atoms with van der Waals surface area (Å²) in [6, 6.07) is 15.9. The molecule has 0 atom stereocenters. The van der Waals surface area contributed by atoms with Gasteiger partial charge in [0.05, 0.1) is 28.6 Å². The molecule has 0 bridgehead atoms. The summed E-state index contributed by atoms with van der Waals surface area (Å²) in [6.07, 6.45) is 2.98. The number of rotatable bonds is 8. The van der Waals surface area contributed by atoms with E-state index in [-0.39, 0.29) is 28.1 Å². The van der Waals surface area contributed by atoms with E-state index in [9.17, 15) is 59.9 Å². The third kappa shape index (κ3) is 16.4. The maximum atomic E-state index is 11.6. The number of nitro benzene ring substituents is 2. The number of benzene rings is 3. The molecule has 274 valence electrons. The van der Waals surface area contributed by atoms with E-state index in [1.165, 1.54) is 62.6 Å². The summed E-state index contributed by atoms with van der Waals surface area (Å²) in [5.41, 5.74) is 6.36. The number of carbonyl (C=O) groups is 3. The van der Waals surface area contributed by atoms with Gasteiger partial charge in [-0.25, -0.2) is 38.6 Å². The average molecular weight is 781 g/mol. The zero-order valence-electron chi connectivity index (χ0n) is 27.2. The van der Waals surface area contributed by atoms with E-state index in [2.05, 4.69) is 4.72 Å². The number of anilines is 1. The van der Waals surface area contributed by atoms with E-state index < -0.39 is 57.0 Å². The van der Waals surface area contributed by atoms with Crippen LogP contribution in [0.15, 0.2) is 72.8 Å². The van der Waals surface area contributed by atoms with Crippen LogP contribution in [0.5, 0.6) is 0 Å². The number of nitrogens with two attached hydrogens (primary N) is 1. The number of halogens is 1. The van der Waals surface area contributed by atoms with Gasteiger partial charge in [0.15, 0.2) is 0 Å². The van der Waals surface area contributed by atoms with Gasteiger partial charge in [0.1, 0.15) is 0 Å². The fourth-order valence-corrected chi connectivity index (χ4v) is 3.67. The lowest BCUT2D eigenvalue weighted by Crippen LogP contribution is -2.32. The molecule has 23 heteroatoms. The van der Waals surface area contributed by atoms with E-state index >= 15 is 0 Å². The van der Waals surface area contributed by atoms with Crippen LogP contribution in [-0.4, -0.2) is 101 Å². The van der Waals surface area contributed by atoms with Crippen molar-refractivity contribution in [2.45, 2.75) is 0 Å². The molecule has 50 heavy (non-hydrogen) atoms. The summed E-state index contributed by atoms with van der Waals surface area (Å²) in [6.45, 7) is 0. The van der Waals surface area contributed by atoms with Crippen molar-refractivity contribution in [3.05, 3.63) is 110 Å². The minimum absolute atomic E-state index is 0.0586. The van der Waals surface area contributed by atoms with Crippen LogP contribution in [0.3, 0.4) is 0 Å². The van der Waals surface area contributed by atoms with Crippen molar-refractivity contribution in [3.63, 3.8) is 0 Å². The molecule has 0 unspecified atom stereocenters. The second-order valence-electron chi connectivity index (χ2n) is 9.55. The fraction of sp³-hybridized carbons (Fsp3) is 0.222. The molecule has 3 aromatic carbocycles. The van der Waals surface area contributed by atoms with E-state index in [0.29, 0.717) is 14.3 Å². The number of hydrogen-bond acceptors (Lipinski definition) is 14. The minimum atomic E-state index is -3.63. The Balaban J connectivity index is 0.000000673. The lowest BCUT2D eigenvalue weighted by molar-refractivity contribution is -0.385. The molecule has 0 fully saturated rings. The summed E-state index contributed by atoms with van der Waals surface area (Å²) in [7, 11) is -6.34. The normalized spacial score (nSPS) is 10.7. The topological polar surface area (TPSA) is 284 Å². The summed E-state index contributed by atoms with van der Waals surface area (Å²) in [5, 5.41) is 19.9. The molecule has 3 rings (SSSR count). The Bertz CT molecular complexity index is 1980. The van der Waals surface area contributed by atoms with E-state index in [4.69, 9.17) is 17.3 Å². The Morgan fingerprint density at radius 1 is 0.640 bits per heavy atom. The standard InChI is InChI=1S/C9H10N2O5S.C9H12N2O3S.C7H4ClNO3.C2H7NO2S/c1-10(17(2,15)16)9(12)7-3-5-8(6-4-7)11(13)14;1-11(15(2,13)14)9(12)7-3-5-8(10)6-4-7;8-7(10)5-1-3-6(4-2-5)9(11)12;1-3-6(2,4)5/h3-6H,1-2H3;3-6H,10H2,1-2H3;1-4H;3H,1-2H3. The van der Waals surface area contributed by atoms with Gasteiger partial charge >= 0.3 is 0 Å². The summed E-state index contributed by atoms with van der Waals surface area (Å²) in [4.78, 5) is 53.2. The third-order valence-electron chi connectivity index (χ3n) is 5.73. The van der Waals surface area contributed by atoms with Gasteiger partial charge in [-0.2, -0.15) is 0 Å². The summed E-state index contributed by atoms with van der Waals surface area (Å²) in [5.74, 6) is -1.31. The molecule has 3 aromatic rings. The van der Waals surface area contributed by atoms with Crippen molar-refractivity contribution in [1.82, 2.24) is 13.3 Å². The number of amides is 2. The predicted molar refractivity (Wildman–Crippen MR) is 185 cm³/mol. The summed E-state index contributed by atoms with van der Waals surface area (Å²) >= 11 is 5.13. The number of nitro groups is 2. The Labute approximate surface area is 293 Å². The van der Waals surface area contributed by atoms with Crippen LogP contribution in [0.2, 0.25) is 0 Å². The Morgan fingerprint density at radius 3 is 1.12 bits per heavy atom. The van der Waals surface area contributed by atoms with Gasteiger partial charge in [0.2, 0.25) is 30.1 Å². The molecule has 0 radical (unpaired) electrons. The molecule has 19 nitrogen and oxygen atoms in total. The van der Waals surface area contributed by atoms with Gasteiger partial charge in [-0.05, 0) is 67.2 Å². The lowest BCUT2D eigenvalue weighted by Gasteiger charge is -2.14. The highest BCUT2D eigenvalue weighted by atomic mass is 35.5. The molecule has 0 heterocycles. The second-order valence-corrected chi connectivity index (χ2v) is 15.9. The Morgan fingerprint density at radius 2 is 0.900 bits per heavy atom. The molecular weight excluding hydrogens is 748 g/mol. The van der Waals surface area contributed by atoms with Crippen molar-refractivity contribution >= 4 is 75.8 Å². The first-order valence-corrected chi connectivity index (χ1v) is 19.1. The highest BCUT2D eigenvalue weighted by Crippen LogP contribution is 2.15. The number of sulfonamides is 3. The minimum Gasteiger partial charge on any atom is -0.399 e. The fourth-order valence-electron chi connectivity index (χ4n) is 2.73. The Kier molecular flexibility index (Phi) is 17.3. The largest absolute Gasteiger partial charge is 0.399 e.